The Labute approximate surface area is 193 Å². The second-order valence-electron chi connectivity index (χ2n) is 7.43. The van der Waals surface area contributed by atoms with Gasteiger partial charge in [0.1, 0.15) is 17.1 Å². The number of aromatic carboxylic acids is 1. The number of carbonyl (C=O) groups excluding carboxylic acids is 3. The molecule has 2 N–H and O–H groups in total. The Morgan fingerprint density at radius 1 is 1.03 bits per heavy atom. The second kappa shape index (κ2) is 8.40. The number of nitrogens with one attached hydrogen (secondary N) is 1. The van der Waals surface area contributed by atoms with Gasteiger partial charge in [0, 0.05) is 5.56 Å². The average Bonchev–Trinajstić information content (AvgIpc) is 3.22. The van der Waals surface area contributed by atoms with Crippen molar-refractivity contribution in [3.63, 3.8) is 0 Å². The van der Waals surface area contributed by atoms with Gasteiger partial charge in [0.25, 0.3) is 11.8 Å². The number of anilines is 1. The van der Waals surface area contributed by atoms with Crippen LogP contribution in [0.1, 0.15) is 27.2 Å². The number of aryl methyl sites for hydroxylation is 2. The summed E-state index contributed by atoms with van der Waals surface area (Å²) in [5, 5.41) is 11.5. The first-order chi connectivity index (χ1) is 15.7. The predicted molar refractivity (Wildman–Crippen MR) is 121 cm³/mol. The number of carbonyl (C=O) groups is 4. The number of urea groups is 1. The number of halogens is 1. The molecule has 0 radical (unpaired) electrons. The van der Waals surface area contributed by atoms with E-state index in [1.54, 1.807) is 30.3 Å². The average molecular weight is 465 g/mol. The molecule has 0 saturated carbocycles. The number of hydrogen-bond donors (Lipinski definition) is 2. The summed E-state index contributed by atoms with van der Waals surface area (Å²) in [6, 6.07) is 11.7. The number of benzene rings is 2. The van der Waals surface area contributed by atoms with Crippen molar-refractivity contribution in [3.05, 3.63) is 81.6 Å². The molecule has 0 bridgehead atoms. The normalized spacial score (nSPS) is 15.2. The van der Waals surface area contributed by atoms with Crippen LogP contribution in [0.4, 0.5) is 10.5 Å². The minimum absolute atomic E-state index is 0.0840. The van der Waals surface area contributed by atoms with Gasteiger partial charge in [0.05, 0.1) is 16.3 Å². The molecule has 166 valence electrons. The first kappa shape index (κ1) is 22.0. The Morgan fingerprint density at radius 2 is 1.79 bits per heavy atom. The van der Waals surface area contributed by atoms with E-state index in [2.05, 4.69) is 5.32 Å². The summed E-state index contributed by atoms with van der Waals surface area (Å²) in [6.45, 7) is 3.75. The third-order valence-corrected chi connectivity index (χ3v) is 5.57. The van der Waals surface area contributed by atoms with E-state index in [1.807, 2.05) is 13.8 Å². The molecule has 8 nitrogen and oxygen atoms in total. The Balaban J connectivity index is 1.68. The number of hydrogen-bond acceptors (Lipinski definition) is 5. The molecule has 1 aliphatic rings. The number of barbiturate groups is 1. The molecule has 0 unspecified atom stereocenters. The summed E-state index contributed by atoms with van der Waals surface area (Å²) >= 11 is 5.90. The summed E-state index contributed by atoms with van der Waals surface area (Å²) in [5.41, 5.74) is 2.29. The van der Waals surface area contributed by atoms with Crippen LogP contribution in [0.3, 0.4) is 0 Å². The topological polar surface area (TPSA) is 117 Å². The molecule has 2 aromatic carbocycles. The summed E-state index contributed by atoms with van der Waals surface area (Å²) in [6.07, 6.45) is 1.23. The maximum Gasteiger partial charge on any atom is 0.337 e. The number of carboxylic acids is 1. The van der Waals surface area contributed by atoms with Gasteiger partial charge in [0.2, 0.25) is 0 Å². The van der Waals surface area contributed by atoms with Crippen LogP contribution in [0.2, 0.25) is 5.02 Å². The summed E-state index contributed by atoms with van der Waals surface area (Å²) in [4.78, 5) is 50.0. The standard InChI is InChI=1S/C24H17ClN2O6/c1-12-3-5-15(9-13(12)2)27-22(29)18(21(28)26-24(27)32)11-16-6-8-20(33-16)14-4-7-19(25)17(10-14)23(30)31/h3-11H,1-2H3,(H,30,31)(H,26,28,32)/b18-11-. The Bertz CT molecular complexity index is 1370. The van der Waals surface area contributed by atoms with Gasteiger partial charge in [-0.25, -0.2) is 14.5 Å². The lowest BCUT2D eigenvalue weighted by Gasteiger charge is -2.26. The molecule has 0 aliphatic carbocycles. The molecule has 2 heterocycles. The molecule has 1 saturated heterocycles. The van der Waals surface area contributed by atoms with E-state index in [9.17, 15) is 24.3 Å². The van der Waals surface area contributed by atoms with E-state index in [0.29, 0.717) is 17.0 Å². The number of furan rings is 1. The van der Waals surface area contributed by atoms with Gasteiger partial charge in [-0.15, -0.1) is 0 Å². The van der Waals surface area contributed by atoms with Gasteiger partial charge < -0.3 is 9.52 Å². The lowest BCUT2D eigenvalue weighted by Crippen LogP contribution is -2.54. The molecule has 3 aromatic rings. The zero-order valence-corrected chi connectivity index (χ0v) is 18.3. The monoisotopic (exact) mass is 464 g/mol. The van der Waals surface area contributed by atoms with E-state index in [1.165, 1.54) is 24.3 Å². The van der Waals surface area contributed by atoms with Crippen molar-refractivity contribution in [2.45, 2.75) is 13.8 Å². The van der Waals surface area contributed by atoms with E-state index >= 15 is 0 Å². The molecular weight excluding hydrogens is 448 g/mol. The fourth-order valence-electron chi connectivity index (χ4n) is 3.33. The van der Waals surface area contributed by atoms with Crippen molar-refractivity contribution < 1.29 is 28.7 Å². The van der Waals surface area contributed by atoms with E-state index in [-0.39, 0.29) is 21.9 Å². The molecule has 1 aromatic heterocycles. The summed E-state index contributed by atoms with van der Waals surface area (Å²) in [7, 11) is 0. The lowest BCUT2D eigenvalue weighted by molar-refractivity contribution is -0.122. The van der Waals surface area contributed by atoms with Gasteiger partial charge in [-0.05, 0) is 73.5 Å². The van der Waals surface area contributed by atoms with Gasteiger partial charge >= 0.3 is 12.0 Å². The number of amides is 4. The molecule has 0 atom stereocenters. The molecule has 0 spiro atoms. The van der Waals surface area contributed by atoms with Crippen LogP contribution < -0.4 is 10.2 Å². The van der Waals surface area contributed by atoms with Crippen molar-refractivity contribution >= 4 is 47.2 Å². The van der Waals surface area contributed by atoms with Crippen LogP contribution in [0.25, 0.3) is 17.4 Å². The van der Waals surface area contributed by atoms with Crippen LogP contribution in [0, 0.1) is 13.8 Å². The smallest absolute Gasteiger partial charge is 0.337 e. The van der Waals surface area contributed by atoms with Crippen LogP contribution >= 0.6 is 11.6 Å². The SMILES string of the molecule is Cc1ccc(N2C(=O)NC(=O)/C(=C/c3ccc(-c4ccc(Cl)c(C(=O)O)c4)o3)C2=O)cc1C. The molecule has 33 heavy (non-hydrogen) atoms. The van der Waals surface area contributed by atoms with Gasteiger partial charge in [-0.3, -0.25) is 14.9 Å². The minimum atomic E-state index is -1.18. The quantitative estimate of drug-likeness (QED) is 0.431. The maximum atomic E-state index is 13.0. The molecule has 4 rings (SSSR count). The van der Waals surface area contributed by atoms with Crippen molar-refractivity contribution in [1.82, 2.24) is 5.32 Å². The summed E-state index contributed by atoms with van der Waals surface area (Å²) in [5.74, 6) is -2.33. The Hall–Kier alpha value is -4.17. The number of rotatable bonds is 4. The van der Waals surface area contributed by atoms with Crippen LogP contribution in [0.5, 0.6) is 0 Å². The highest BCUT2D eigenvalue weighted by Crippen LogP contribution is 2.29. The fourth-order valence-corrected chi connectivity index (χ4v) is 3.53. The molecule has 1 fully saturated rings. The largest absolute Gasteiger partial charge is 0.478 e. The van der Waals surface area contributed by atoms with E-state index < -0.39 is 23.8 Å². The highest BCUT2D eigenvalue weighted by atomic mass is 35.5. The highest BCUT2D eigenvalue weighted by Gasteiger charge is 2.37. The van der Waals surface area contributed by atoms with Crippen molar-refractivity contribution in [3.8, 4) is 11.3 Å². The lowest BCUT2D eigenvalue weighted by atomic mass is 10.1. The van der Waals surface area contributed by atoms with Crippen LogP contribution in [0.15, 0.2) is 58.5 Å². The van der Waals surface area contributed by atoms with Crippen molar-refractivity contribution in [2.75, 3.05) is 4.90 Å². The molecule has 9 heteroatoms. The number of imide groups is 2. The number of nitrogens with zero attached hydrogens (tertiary/aromatic N) is 1. The van der Waals surface area contributed by atoms with Crippen molar-refractivity contribution in [1.29, 1.82) is 0 Å². The first-order valence-electron chi connectivity index (χ1n) is 9.77. The second-order valence-corrected chi connectivity index (χ2v) is 7.84. The van der Waals surface area contributed by atoms with Gasteiger partial charge in [0.15, 0.2) is 0 Å². The summed E-state index contributed by atoms with van der Waals surface area (Å²) < 4.78 is 5.70. The first-order valence-corrected chi connectivity index (χ1v) is 10.2. The van der Waals surface area contributed by atoms with Crippen LogP contribution in [-0.2, 0) is 9.59 Å². The van der Waals surface area contributed by atoms with E-state index in [0.717, 1.165) is 16.0 Å². The molecular formula is C24H17ClN2O6. The van der Waals surface area contributed by atoms with Gasteiger partial charge in [-0.1, -0.05) is 17.7 Å². The van der Waals surface area contributed by atoms with Gasteiger partial charge in [-0.2, -0.15) is 0 Å². The zero-order chi connectivity index (χ0) is 23.9. The minimum Gasteiger partial charge on any atom is -0.478 e. The predicted octanol–water partition coefficient (Wildman–Crippen LogP) is 4.58. The van der Waals surface area contributed by atoms with Crippen molar-refractivity contribution in [2.24, 2.45) is 0 Å². The third-order valence-electron chi connectivity index (χ3n) is 5.25. The molecule has 4 amide bonds. The fraction of sp³-hybridized carbons (Fsp3) is 0.0833. The molecule has 1 aliphatic heterocycles. The highest BCUT2D eigenvalue weighted by molar-refractivity contribution is 6.39. The van der Waals surface area contributed by atoms with E-state index in [4.69, 9.17) is 16.0 Å². The van der Waals surface area contributed by atoms with Crippen LogP contribution in [-0.4, -0.2) is 28.9 Å². The zero-order valence-electron chi connectivity index (χ0n) is 17.5. The Morgan fingerprint density at radius 3 is 2.48 bits per heavy atom. The Kier molecular flexibility index (Phi) is 5.61. The third kappa shape index (κ3) is 4.16. The number of carboxylic acid groups (broad SMARTS) is 1. The maximum absolute atomic E-state index is 13.0.